The van der Waals surface area contributed by atoms with Gasteiger partial charge in [0.05, 0.1) is 7.11 Å². The summed E-state index contributed by atoms with van der Waals surface area (Å²) in [5.41, 5.74) is 0.470. The Morgan fingerprint density at radius 1 is 1.14 bits per heavy atom. The third kappa shape index (κ3) is 2.94. The molecule has 4 atom stereocenters. The van der Waals surface area contributed by atoms with Gasteiger partial charge in [-0.1, -0.05) is 12.1 Å². The van der Waals surface area contributed by atoms with E-state index in [-0.39, 0.29) is 12.8 Å². The number of hydrogen-bond donors (Lipinski definition) is 1. The first kappa shape index (κ1) is 15.2. The van der Waals surface area contributed by atoms with Gasteiger partial charge in [0.15, 0.2) is 0 Å². The molecule has 21 heavy (non-hydrogen) atoms. The number of methoxy groups -OCH3 is 1. The molecular weight excluding hydrogens is 280 g/mol. The van der Waals surface area contributed by atoms with Crippen molar-refractivity contribution in [3.05, 3.63) is 50.1 Å². The topological polar surface area (TPSA) is 116 Å². The van der Waals surface area contributed by atoms with Crippen molar-refractivity contribution in [2.24, 2.45) is 0 Å². The molecule has 8 heteroatoms. The molecule has 0 saturated heterocycles. The minimum Gasteiger partial charge on any atom is -0.497 e. The van der Waals surface area contributed by atoms with Crippen molar-refractivity contribution in [1.29, 1.82) is 0 Å². The second kappa shape index (κ2) is 6.04. The van der Waals surface area contributed by atoms with Gasteiger partial charge in [-0.2, -0.15) is 0 Å². The summed E-state index contributed by atoms with van der Waals surface area (Å²) >= 11 is 0. The van der Waals surface area contributed by atoms with Crippen LogP contribution in [0, 0.1) is 20.2 Å². The Hall–Kier alpha value is -2.22. The maximum absolute atomic E-state index is 11.2. The van der Waals surface area contributed by atoms with Crippen molar-refractivity contribution in [3.8, 4) is 5.75 Å². The van der Waals surface area contributed by atoms with E-state index in [1.54, 1.807) is 24.3 Å². The molecule has 0 aliphatic heterocycles. The summed E-state index contributed by atoms with van der Waals surface area (Å²) in [6.45, 7) is 0. The second-order valence-electron chi connectivity index (χ2n) is 5.07. The van der Waals surface area contributed by atoms with Gasteiger partial charge in [0.25, 0.3) is 6.04 Å². The van der Waals surface area contributed by atoms with Crippen LogP contribution in [0.2, 0.25) is 0 Å². The molecular formula is C13H16N2O6. The van der Waals surface area contributed by atoms with E-state index in [2.05, 4.69) is 0 Å². The van der Waals surface area contributed by atoms with Crippen molar-refractivity contribution in [2.75, 3.05) is 7.11 Å². The molecule has 0 bridgehead atoms. The number of nitro groups is 2. The van der Waals surface area contributed by atoms with Gasteiger partial charge < -0.3 is 9.84 Å². The lowest BCUT2D eigenvalue weighted by Crippen LogP contribution is -2.50. The molecule has 8 nitrogen and oxygen atoms in total. The summed E-state index contributed by atoms with van der Waals surface area (Å²) in [5.74, 6) is -0.393. The number of aliphatic hydroxyl groups is 1. The highest BCUT2D eigenvalue weighted by molar-refractivity contribution is 5.31. The van der Waals surface area contributed by atoms with Gasteiger partial charge in [0.2, 0.25) is 6.04 Å². The molecule has 0 amide bonds. The average molecular weight is 296 g/mol. The molecule has 1 saturated carbocycles. The van der Waals surface area contributed by atoms with Gasteiger partial charge in [-0.25, -0.2) is 0 Å². The van der Waals surface area contributed by atoms with Crippen LogP contribution < -0.4 is 4.74 Å². The number of nitrogens with zero attached hydrogens (tertiary/aromatic N) is 2. The minimum absolute atomic E-state index is 0.0595. The molecule has 1 aromatic carbocycles. The van der Waals surface area contributed by atoms with E-state index in [9.17, 15) is 25.3 Å². The zero-order valence-electron chi connectivity index (χ0n) is 11.4. The van der Waals surface area contributed by atoms with E-state index in [0.29, 0.717) is 11.3 Å². The monoisotopic (exact) mass is 296 g/mol. The van der Waals surface area contributed by atoms with Gasteiger partial charge >= 0.3 is 0 Å². The molecule has 114 valence electrons. The number of hydrogen-bond acceptors (Lipinski definition) is 6. The maximum Gasteiger partial charge on any atom is 0.251 e. The first-order valence-electron chi connectivity index (χ1n) is 6.54. The van der Waals surface area contributed by atoms with E-state index in [1.165, 1.54) is 7.11 Å². The van der Waals surface area contributed by atoms with Crippen LogP contribution in [0.4, 0.5) is 0 Å². The third-order valence-electron chi connectivity index (χ3n) is 3.95. The molecule has 1 aliphatic carbocycles. The lowest BCUT2D eigenvalue weighted by molar-refractivity contribution is -0.581. The van der Waals surface area contributed by atoms with Gasteiger partial charge in [0, 0.05) is 16.3 Å². The Kier molecular flexibility index (Phi) is 4.37. The number of ether oxygens (including phenoxy) is 1. The molecule has 0 radical (unpaired) electrons. The Labute approximate surface area is 120 Å². The molecule has 4 unspecified atom stereocenters. The van der Waals surface area contributed by atoms with Gasteiger partial charge in [-0.15, -0.1) is 0 Å². The normalized spacial score (nSPS) is 28.9. The number of aliphatic hydroxyl groups excluding tert-OH is 1. The Bertz CT molecular complexity index is 532. The predicted molar refractivity (Wildman–Crippen MR) is 72.5 cm³/mol. The summed E-state index contributed by atoms with van der Waals surface area (Å²) < 4.78 is 5.01. The predicted octanol–water partition coefficient (Wildman–Crippen LogP) is 1.22. The van der Waals surface area contributed by atoms with Gasteiger partial charge in [0.1, 0.15) is 17.8 Å². The highest BCUT2D eigenvalue weighted by Gasteiger charge is 2.52. The SMILES string of the molecule is COc1ccc(C2C([N+](=O)[O-])CCC(O)C2[N+](=O)[O-])cc1. The van der Waals surface area contributed by atoms with Crippen molar-refractivity contribution in [1.82, 2.24) is 0 Å². The molecule has 0 spiro atoms. The van der Waals surface area contributed by atoms with Crippen molar-refractivity contribution >= 4 is 0 Å². The van der Waals surface area contributed by atoms with Crippen LogP contribution in [-0.4, -0.2) is 40.3 Å². The van der Waals surface area contributed by atoms with Crippen molar-refractivity contribution < 1.29 is 19.7 Å². The molecule has 1 fully saturated rings. The van der Waals surface area contributed by atoms with Crippen molar-refractivity contribution in [3.63, 3.8) is 0 Å². The summed E-state index contributed by atoms with van der Waals surface area (Å²) in [5, 5.41) is 32.3. The third-order valence-corrected chi connectivity index (χ3v) is 3.95. The van der Waals surface area contributed by atoms with Crippen LogP contribution in [0.5, 0.6) is 5.75 Å². The van der Waals surface area contributed by atoms with Gasteiger partial charge in [-0.3, -0.25) is 20.2 Å². The minimum atomic E-state index is -1.37. The van der Waals surface area contributed by atoms with Crippen LogP contribution in [-0.2, 0) is 0 Å². The molecule has 1 N–H and O–H groups in total. The summed E-state index contributed by atoms with van der Waals surface area (Å²) in [7, 11) is 1.49. The highest BCUT2D eigenvalue weighted by atomic mass is 16.6. The summed E-state index contributed by atoms with van der Waals surface area (Å²) in [6, 6.07) is 3.91. The Balaban J connectivity index is 2.43. The quantitative estimate of drug-likeness (QED) is 0.659. The number of benzene rings is 1. The van der Waals surface area contributed by atoms with Crippen LogP contribution in [0.1, 0.15) is 24.3 Å². The van der Waals surface area contributed by atoms with E-state index in [4.69, 9.17) is 4.74 Å². The largest absolute Gasteiger partial charge is 0.497 e. The lowest BCUT2D eigenvalue weighted by Gasteiger charge is -2.31. The number of rotatable bonds is 4. The van der Waals surface area contributed by atoms with E-state index < -0.39 is 34.0 Å². The standard InChI is InChI=1S/C13H16N2O6/c1-21-9-4-2-8(3-5-9)12-10(14(17)18)6-7-11(16)13(12)15(19)20/h2-5,10-13,16H,6-7H2,1H3. The molecule has 1 aromatic rings. The smallest absolute Gasteiger partial charge is 0.251 e. The maximum atomic E-state index is 11.2. The first-order chi connectivity index (χ1) is 9.95. The molecule has 0 aromatic heterocycles. The zero-order chi connectivity index (χ0) is 15.6. The van der Waals surface area contributed by atoms with Crippen LogP contribution in [0.15, 0.2) is 24.3 Å². The molecule has 1 aliphatic rings. The highest BCUT2D eigenvalue weighted by Crippen LogP contribution is 2.37. The van der Waals surface area contributed by atoms with Crippen LogP contribution in [0.25, 0.3) is 0 Å². The average Bonchev–Trinajstić information content (AvgIpc) is 2.46. The first-order valence-corrected chi connectivity index (χ1v) is 6.54. The van der Waals surface area contributed by atoms with Crippen molar-refractivity contribution in [2.45, 2.75) is 36.9 Å². The second-order valence-corrected chi connectivity index (χ2v) is 5.07. The molecule has 0 heterocycles. The summed E-state index contributed by atoms with van der Waals surface area (Å²) in [6.07, 6.45) is -0.998. The lowest BCUT2D eigenvalue weighted by atomic mass is 9.75. The summed E-state index contributed by atoms with van der Waals surface area (Å²) in [4.78, 5) is 21.3. The molecule has 2 rings (SSSR count). The van der Waals surface area contributed by atoms with E-state index in [0.717, 1.165) is 0 Å². The van der Waals surface area contributed by atoms with Crippen LogP contribution in [0.3, 0.4) is 0 Å². The fraction of sp³-hybridized carbons (Fsp3) is 0.538. The van der Waals surface area contributed by atoms with Crippen LogP contribution >= 0.6 is 0 Å². The van der Waals surface area contributed by atoms with E-state index in [1.807, 2.05) is 0 Å². The Morgan fingerprint density at radius 3 is 2.24 bits per heavy atom. The van der Waals surface area contributed by atoms with Gasteiger partial charge in [-0.05, 0) is 24.1 Å². The zero-order valence-corrected chi connectivity index (χ0v) is 11.4. The Morgan fingerprint density at radius 2 is 1.76 bits per heavy atom. The van der Waals surface area contributed by atoms with E-state index >= 15 is 0 Å². The fourth-order valence-electron chi connectivity index (χ4n) is 2.91. The fourth-order valence-corrected chi connectivity index (χ4v) is 2.91.